The van der Waals surface area contributed by atoms with Gasteiger partial charge in [0, 0.05) is 25.3 Å². The van der Waals surface area contributed by atoms with Gasteiger partial charge in [0.15, 0.2) is 9.84 Å². The summed E-state index contributed by atoms with van der Waals surface area (Å²) in [5, 5.41) is 4.36. The van der Waals surface area contributed by atoms with E-state index in [1.807, 2.05) is 36.5 Å². The maximum atomic E-state index is 13.1. The van der Waals surface area contributed by atoms with Gasteiger partial charge in [0.1, 0.15) is 0 Å². The molecule has 1 aliphatic heterocycles. The van der Waals surface area contributed by atoms with Crippen molar-refractivity contribution < 1.29 is 13.2 Å². The summed E-state index contributed by atoms with van der Waals surface area (Å²) >= 11 is 0. The standard InChI is InChI=1S/C21H30N4O3S/c1-3-23(4-2)11-12-24(20-10-13-29(27,28)17-20)21(26)14-18-15-22-25(16-18)19-8-6-5-7-9-19/h5-9,15-16,20H,3-4,10-14,17H2,1-2H3. The number of sulfone groups is 1. The third-order valence-corrected chi connectivity index (χ3v) is 7.28. The third-order valence-electron chi connectivity index (χ3n) is 5.53. The molecule has 0 radical (unpaired) electrons. The fraction of sp³-hybridized carbons (Fsp3) is 0.524. The Morgan fingerprint density at radius 3 is 2.52 bits per heavy atom. The summed E-state index contributed by atoms with van der Waals surface area (Å²) < 4.78 is 25.7. The molecule has 29 heavy (non-hydrogen) atoms. The average Bonchev–Trinajstić information content (AvgIpc) is 3.32. The van der Waals surface area contributed by atoms with Crippen LogP contribution in [0.2, 0.25) is 0 Å². The van der Waals surface area contributed by atoms with E-state index in [0.717, 1.165) is 30.9 Å². The van der Waals surface area contributed by atoms with Crippen LogP contribution in [0.25, 0.3) is 5.69 Å². The molecule has 0 aliphatic carbocycles. The van der Waals surface area contributed by atoms with Crippen LogP contribution >= 0.6 is 0 Å². The van der Waals surface area contributed by atoms with E-state index in [1.165, 1.54) is 0 Å². The molecule has 1 unspecified atom stereocenters. The van der Waals surface area contributed by atoms with Crippen LogP contribution in [0.3, 0.4) is 0 Å². The van der Waals surface area contributed by atoms with Crippen molar-refractivity contribution in [1.29, 1.82) is 0 Å². The van der Waals surface area contributed by atoms with E-state index in [1.54, 1.807) is 15.8 Å². The van der Waals surface area contributed by atoms with Gasteiger partial charge in [0.25, 0.3) is 0 Å². The summed E-state index contributed by atoms with van der Waals surface area (Å²) in [4.78, 5) is 17.1. The van der Waals surface area contributed by atoms with Crippen molar-refractivity contribution in [1.82, 2.24) is 19.6 Å². The molecule has 0 saturated carbocycles. The second-order valence-electron chi connectivity index (χ2n) is 7.48. The maximum Gasteiger partial charge on any atom is 0.227 e. The van der Waals surface area contributed by atoms with Gasteiger partial charge < -0.3 is 9.80 Å². The lowest BCUT2D eigenvalue weighted by Crippen LogP contribution is -2.46. The van der Waals surface area contributed by atoms with E-state index in [0.29, 0.717) is 13.0 Å². The minimum absolute atomic E-state index is 0.0353. The van der Waals surface area contributed by atoms with Gasteiger partial charge in [-0.05, 0) is 37.2 Å². The van der Waals surface area contributed by atoms with E-state index in [4.69, 9.17) is 0 Å². The van der Waals surface area contributed by atoms with Crippen molar-refractivity contribution in [3.8, 4) is 5.69 Å². The molecule has 8 heteroatoms. The predicted octanol–water partition coefficient (Wildman–Crippen LogP) is 1.77. The van der Waals surface area contributed by atoms with Gasteiger partial charge >= 0.3 is 0 Å². The number of carbonyl (C=O) groups is 1. The minimum atomic E-state index is -3.05. The molecule has 2 aromatic rings. The van der Waals surface area contributed by atoms with Crippen molar-refractivity contribution in [2.75, 3.05) is 37.7 Å². The number of nitrogens with zero attached hydrogens (tertiary/aromatic N) is 4. The van der Waals surface area contributed by atoms with E-state index in [-0.39, 0.29) is 29.9 Å². The summed E-state index contributed by atoms with van der Waals surface area (Å²) in [7, 11) is -3.05. The summed E-state index contributed by atoms with van der Waals surface area (Å²) in [6, 6.07) is 9.51. The van der Waals surface area contributed by atoms with Gasteiger partial charge in [0.2, 0.25) is 5.91 Å². The second-order valence-corrected chi connectivity index (χ2v) is 9.71. The van der Waals surface area contributed by atoms with Gasteiger partial charge in [-0.15, -0.1) is 0 Å². The van der Waals surface area contributed by atoms with E-state index < -0.39 is 9.84 Å². The number of rotatable bonds is 9. The van der Waals surface area contributed by atoms with Crippen LogP contribution in [0.5, 0.6) is 0 Å². The van der Waals surface area contributed by atoms with Gasteiger partial charge in [-0.2, -0.15) is 5.10 Å². The monoisotopic (exact) mass is 418 g/mol. The summed E-state index contributed by atoms with van der Waals surface area (Å²) in [5.74, 6) is 0.200. The molecule has 1 fully saturated rings. The molecule has 0 bridgehead atoms. The Kier molecular flexibility index (Phi) is 7.08. The van der Waals surface area contributed by atoms with Crippen molar-refractivity contribution >= 4 is 15.7 Å². The Hall–Kier alpha value is -2.19. The first kappa shape index (κ1) is 21.5. The molecule has 0 spiro atoms. The van der Waals surface area contributed by atoms with Crippen molar-refractivity contribution in [2.45, 2.75) is 32.7 Å². The molecule has 158 valence electrons. The highest BCUT2D eigenvalue weighted by molar-refractivity contribution is 7.91. The molecule has 1 aromatic carbocycles. The van der Waals surface area contributed by atoms with Crippen LogP contribution in [-0.2, 0) is 21.1 Å². The van der Waals surface area contributed by atoms with Crippen molar-refractivity contribution in [3.63, 3.8) is 0 Å². The number of likely N-dealkylation sites (N-methyl/N-ethyl adjacent to an activating group) is 1. The fourth-order valence-corrected chi connectivity index (χ4v) is 5.50. The Balaban J connectivity index is 1.71. The highest BCUT2D eigenvalue weighted by atomic mass is 32.2. The van der Waals surface area contributed by atoms with E-state index in [2.05, 4.69) is 23.8 Å². The third kappa shape index (κ3) is 5.67. The molecule has 1 aliphatic rings. The average molecular weight is 419 g/mol. The Bertz CT molecular complexity index is 907. The lowest BCUT2D eigenvalue weighted by molar-refractivity contribution is -0.132. The molecule has 1 saturated heterocycles. The highest BCUT2D eigenvalue weighted by Crippen LogP contribution is 2.19. The molecule has 1 aromatic heterocycles. The first-order chi connectivity index (χ1) is 13.9. The van der Waals surface area contributed by atoms with Crippen LogP contribution in [0.15, 0.2) is 42.7 Å². The zero-order valence-electron chi connectivity index (χ0n) is 17.2. The van der Waals surface area contributed by atoms with Crippen LogP contribution in [0.1, 0.15) is 25.8 Å². The van der Waals surface area contributed by atoms with Gasteiger partial charge in [-0.1, -0.05) is 32.0 Å². The highest BCUT2D eigenvalue weighted by Gasteiger charge is 2.34. The SMILES string of the molecule is CCN(CC)CCN(C(=O)Cc1cnn(-c2ccccc2)c1)C1CCS(=O)(=O)C1. The Morgan fingerprint density at radius 1 is 1.17 bits per heavy atom. The predicted molar refractivity (Wildman–Crippen MR) is 114 cm³/mol. The second kappa shape index (κ2) is 9.54. The van der Waals surface area contributed by atoms with Crippen LogP contribution in [0.4, 0.5) is 0 Å². The van der Waals surface area contributed by atoms with Crippen LogP contribution in [-0.4, -0.2) is 77.6 Å². The van der Waals surface area contributed by atoms with E-state index >= 15 is 0 Å². The lowest BCUT2D eigenvalue weighted by atomic mass is 10.1. The smallest absolute Gasteiger partial charge is 0.227 e. The van der Waals surface area contributed by atoms with Gasteiger partial charge in [0.05, 0.1) is 29.8 Å². The Morgan fingerprint density at radius 2 is 1.90 bits per heavy atom. The zero-order chi connectivity index (χ0) is 20.9. The maximum absolute atomic E-state index is 13.1. The number of hydrogen-bond donors (Lipinski definition) is 0. The Labute approximate surface area is 173 Å². The normalized spacial score (nSPS) is 18.2. The zero-order valence-corrected chi connectivity index (χ0v) is 18.0. The quantitative estimate of drug-likeness (QED) is 0.620. The topological polar surface area (TPSA) is 75.5 Å². The van der Waals surface area contributed by atoms with Crippen LogP contribution < -0.4 is 0 Å². The van der Waals surface area contributed by atoms with Crippen molar-refractivity contribution in [2.24, 2.45) is 0 Å². The number of amides is 1. The minimum Gasteiger partial charge on any atom is -0.337 e. The molecule has 1 atom stereocenters. The molecule has 1 amide bonds. The van der Waals surface area contributed by atoms with Crippen molar-refractivity contribution in [3.05, 3.63) is 48.3 Å². The largest absolute Gasteiger partial charge is 0.337 e. The molecule has 3 rings (SSSR count). The first-order valence-electron chi connectivity index (χ1n) is 10.2. The van der Waals surface area contributed by atoms with Gasteiger partial charge in [-0.3, -0.25) is 4.79 Å². The van der Waals surface area contributed by atoms with Crippen LogP contribution in [0, 0.1) is 0 Å². The molecular formula is C21H30N4O3S. The fourth-order valence-electron chi connectivity index (χ4n) is 3.77. The summed E-state index contributed by atoms with van der Waals surface area (Å²) in [6.07, 6.45) is 4.32. The molecule has 2 heterocycles. The van der Waals surface area contributed by atoms with Gasteiger partial charge in [-0.25, -0.2) is 13.1 Å². The molecule has 0 N–H and O–H groups in total. The number of carbonyl (C=O) groups excluding carboxylic acids is 1. The lowest BCUT2D eigenvalue weighted by Gasteiger charge is -2.30. The number of para-hydroxylation sites is 1. The molecular weight excluding hydrogens is 388 g/mol. The van der Waals surface area contributed by atoms with E-state index in [9.17, 15) is 13.2 Å². The number of hydrogen-bond acceptors (Lipinski definition) is 5. The number of aromatic nitrogens is 2. The number of benzene rings is 1. The summed E-state index contributed by atoms with van der Waals surface area (Å²) in [6.45, 7) is 7.30. The first-order valence-corrected chi connectivity index (χ1v) is 12.0. The summed E-state index contributed by atoms with van der Waals surface area (Å²) in [5.41, 5.74) is 1.76. The molecule has 7 nitrogen and oxygen atoms in total.